The minimum absolute atomic E-state index is 0.174. The highest BCUT2D eigenvalue weighted by Gasteiger charge is 2.11. The van der Waals surface area contributed by atoms with Crippen LogP contribution in [0.25, 0.3) is 11.2 Å². The Bertz CT molecular complexity index is 736. The van der Waals surface area contributed by atoms with E-state index in [-0.39, 0.29) is 5.28 Å². The molecule has 0 bridgehead atoms. The van der Waals surface area contributed by atoms with Gasteiger partial charge in [-0.3, -0.25) is 0 Å². The highest BCUT2D eigenvalue weighted by Crippen LogP contribution is 2.24. The van der Waals surface area contributed by atoms with Gasteiger partial charge < -0.3 is 9.88 Å². The number of aryl methyl sites for hydroxylation is 1. The van der Waals surface area contributed by atoms with Crippen molar-refractivity contribution in [1.82, 2.24) is 19.5 Å². The molecule has 3 aromatic rings. The number of anilines is 2. The van der Waals surface area contributed by atoms with Crippen LogP contribution in [0.4, 0.5) is 11.5 Å². The lowest BCUT2D eigenvalue weighted by Gasteiger charge is -2.06. The molecule has 0 saturated heterocycles. The first kappa shape index (κ1) is 12.2. The summed E-state index contributed by atoms with van der Waals surface area (Å²) in [5.41, 5.74) is 2.20. The van der Waals surface area contributed by atoms with Crippen molar-refractivity contribution in [1.29, 1.82) is 0 Å². The molecule has 0 unspecified atom stereocenters. The summed E-state index contributed by atoms with van der Waals surface area (Å²) in [6.07, 6.45) is 1.67. The van der Waals surface area contributed by atoms with Crippen LogP contribution in [0.2, 0.25) is 10.3 Å². The second-order valence-corrected chi connectivity index (χ2v) is 4.78. The molecule has 5 nitrogen and oxygen atoms in total. The molecule has 96 valence electrons. The third-order valence-corrected chi connectivity index (χ3v) is 3.06. The standard InChI is InChI=1S/C12H9Cl2N5/c1-19-6-15-9-10(17-12(14)18-11(9)19)16-8-4-2-7(13)3-5-8/h2-6H,1H3,(H,16,17,18). The van der Waals surface area contributed by atoms with Gasteiger partial charge in [-0.05, 0) is 35.9 Å². The predicted molar refractivity (Wildman–Crippen MR) is 76.0 cm³/mol. The minimum Gasteiger partial charge on any atom is -0.338 e. The van der Waals surface area contributed by atoms with E-state index >= 15 is 0 Å². The van der Waals surface area contributed by atoms with Crippen molar-refractivity contribution in [3.63, 3.8) is 0 Å². The maximum atomic E-state index is 5.92. The van der Waals surface area contributed by atoms with Crippen LogP contribution in [0.15, 0.2) is 30.6 Å². The van der Waals surface area contributed by atoms with Crippen LogP contribution in [-0.2, 0) is 7.05 Å². The molecule has 1 aromatic carbocycles. The number of benzene rings is 1. The number of nitrogens with one attached hydrogen (secondary N) is 1. The van der Waals surface area contributed by atoms with Crippen LogP contribution in [0, 0.1) is 0 Å². The van der Waals surface area contributed by atoms with Crippen LogP contribution in [0.3, 0.4) is 0 Å². The van der Waals surface area contributed by atoms with Gasteiger partial charge in [-0.1, -0.05) is 11.6 Å². The smallest absolute Gasteiger partial charge is 0.226 e. The third kappa shape index (κ3) is 2.34. The van der Waals surface area contributed by atoms with Crippen LogP contribution in [-0.4, -0.2) is 19.5 Å². The Labute approximate surface area is 119 Å². The van der Waals surface area contributed by atoms with Gasteiger partial charge in [-0.25, -0.2) is 4.98 Å². The van der Waals surface area contributed by atoms with Gasteiger partial charge in [-0.15, -0.1) is 0 Å². The minimum atomic E-state index is 0.174. The summed E-state index contributed by atoms with van der Waals surface area (Å²) in [6.45, 7) is 0. The van der Waals surface area contributed by atoms with E-state index in [2.05, 4.69) is 20.3 Å². The highest BCUT2D eigenvalue weighted by molar-refractivity contribution is 6.30. The van der Waals surface area contributed by atoms with E-state index in [4.69, 9.17) is 23.2 Å². The van der Waals surface area contributed by atoms with Crippen molar-refractivity contribution in [2.75, 3.05) is 5.32 Å². The van der Waals surface area contributed by atoms with Crippen molar-refractivity contribution < 1.29 is 0 Å². The molecule has 0 spiro atoms. The van der Waals surface area contributed by atoms with Gasteiger partial charge >= 0.3 is 0 Å². The van der Waals surface area contributed by atoms with E-state index in [0.717, 1.165) is 5.69 Å². The lowest BCUT2D eigenvalue weighted by atomic mass is 10.3. The Morgan fingerprint density at radius 1 is 1.11 bits per heavy atom. The van der Waals surface area contributed by atoms with Gasteiger partial charge in [0.2, 0.25) is 5.28 Å². The maximum Gasteiger partial charge on any atom is 0.226 e. The van der Waals surface area contributed by atoms with E-state index < -0.39 is 0 Å². The second-order valence-electron chi connectivity index (χ2n) is 4.00. The molecule has 0 radical (unpaired) electrons. The molecule has 0 atom stereocenters. The van der Waals surface area contributed by atoms with E-state index in [1.54, 1.807) is 23.0 Å². The van der Waals surface area contributed by atoms with Crippen molar-refractivity contribution in [2.45, 2.75) is 0 Å². The fourth-order valence-electron chi connectivity index (χ4n) is 1.74. The van der Waals surface area contributed by atoms with Crippen LogP contribution >= 0.6 is 23.2 Å². The molecule has 0 saturated carbocycles. The monoisotopic (exact) mass is 293 g/mol. The summed E-state index contributed by atoms with van der Waals surface area (Å²) in [6, 6.07) is 7.30. The van der Waals surface area contributed by atoms with Crippen LogP contribution in [0.5, 0.6) is 0 Å². The summed E-state index contributed by atoms with van der Waals surface area (Å²) in [5, 5.41) is 4.01. The Balaban J connectivity index is 2.07. The Hall–Kier alpha value is -1.85. The molecule has 0 amide bonds. The number of aromatic nitrogens is 4. The Morgan fingerprint density at radius 2 is 1.84 bits per heavy atom. The zero-order valence-electron chi connectivity index (χ0n) is 9.93. The fourth-order valence-corrected chi connectivity index (χ4v) is 2.03. The van der Waals surface area contributed by atoms with Gasteiger partial charge in [0.1, 0.15) is 0 Å². The lowest BCUT2D eigenvalue weighted by molar-refractivity contribution is 0.928. The summed E-state index contributed by atoms with van der Waals surface area (Å²) in [7, 11) is 1.85. The van der Waals surface area contributed by atoms with E-state index in [1.807, 2.05) is 19.2 Å². The number of nitrogens with zero attached hydrogens (tertiary/aromatic N) is 4. The van der Waals surface area contributed by atoms with Crippen LogP contribution in [0.1, 0.15) is 0 Å². The first-order chi connectivity index (χ1) is 9.13. The highest BCUT2D eigenvalue weighted by atomic mass is 35.5. The summed E-state index contributed by atoms with van der Waals surface area (Å²) >= 11 is 11.8. The largest absolute Gasteiger partial charge is 0.338 e. The first-order valence-corrected chi connectivity index (χ1v) is 6.26. The SMILES string of the molecule is Cn1cnc2c(Nc3ccc(Cl)cc3)nc(Cl)nc21. The molecule has 3 rings (SSSR count). The molecular weight excluding hydrogens is 285 g/mol. The van der Waals surface area contributed by atoms with Crippen molar-refractivity contribution >= 4 is 45.9 Å². The molecule has 2 aromatic heterocycles. The van der Waals surface area contributed by atoms with Gasteiger partial charge in [0.15, 0.2) is 17.0 Å². The van der Waals surface area contributed by atoms with Gasteiger partial charge in [0.25, 0.3) is 0 Å². The van der Waals surface area contributed by atoms with Gasteiger partial charge in [-0.2, -0.15) is 9.97 Å². The topological polar surface area (TPSA) is 55.6 Å². The second kappa shape index (κ2) is 4.68. The summed E-state index contributed by atoms with van der Waals surface area (Å²) < 4.78 is 1.79. The number of halogens is 2. The van der Waals surface area contributed by atoms with E-state index in [1.165, 1.54) is 0 Å². The maximum absolute atomic E-state index is 5.92. The average Bonchev–Trinajstić information content (AvgIpc) is 2.74. The van der Waals surface area contributed by atoms with Crippen molar-refractivity contribution in [3.8, 4) is 0 Å². The number of hydrogen-bond donors (Lipinski definition) is 1. The van der Waals surface area contributed by atoms with Crippen molar-refractivity contribution in [3.05, 3.63) is 40.9 Å². The van der Waals surface area contributed by atoms with E-state index in [0.29, 0.717) is 22.0 Å². The molecule has 0 aliphatic carbocycles. The molecule has 1 N–H and O–H groups in total. The Kier molecular flexibility index (Phi) is 3.00. The number of imidazole rings is 1. The zero-order chi connectivity index (χ0) is 13.4. The van der Waals surface area contributed by atoms with Gasteiger partial charge in [0.05, 0.1) is 6.33 Å². The lowest BCUT2D eigenvalue weighted by Crippen LogP contribution is -1.98. The Morgan fingerprint density at radius 3 is 2.58 bits per heavy atom. The number of rotatable bonds is 2. The average molecular weight is 294 g/mol. The molecular formula is C12H9Cl2N5. The predicted octanol–water partition coefficient (Wildman–Crippen LogP) is 3.41. The molecule has 19 heavy (non-hydrogen) atoms. The molecule has 7 heteroatoms. The zero-order valence-corrected chi connectivity index (χ0v) is 11.4. The normalized spacial score (nSPS) is 10.9. The molecule has 2 heterocycles. The van der Waals surface area contributed by atoms with Crippen LogP contribution < -0.4 is 5.32 Å². The summed E-state index contributed by atoms with van der Waals surface area (Å²) in [4.78, 5) is 12.6. The third-order valence-electron chi connectivity index (χ3n) is 2.64. The summed E-state index contributed by atoms with van der Waals surface area (Å²) in [5.74, 6) is 0.568. The van der Waals surface area contributed by atoms with Gasteiger partial charge in [0, 0.05) is 17.8 Å². The molecule has 0 fully saturated rings. The first-order valence-electron chi connectivity index (χ1n) is 5.50. The number of hydrogen-bond acceptors (Lipinski definition) is 4. The fraction of sp³-hybridized carbons (Fsp3) is 0.0833. The van der Waals surface area contributed by atoms with Crippen molar-refractivity contribution in [2.24, 2.45) is 7.05 Å². The van der Waals surface area contributed by atoms with E-state index in [9.17, 15) is 0 Å². The molecule has 0 aliphatic heterocycles. The quantitative estimate of drug-likeness (QED) is 0.736. The molecule has 0 aliphatic rings. The number of fused-ring (bicyclic) bond motifs is 1.